The molecule has 31 heavy (non-hydrogen) atoms. The number of fused-ring (bicyclic) bond motifs is 5. The number of hydrogen-bond acceptors (Lipinski definition) is 2. The lowest BCUT2D eigenvalue weighted by molar-refractivity contribution is -0.0757. The van der Waals surface area contributed by atoms with E-state index in [-0.39, 0.29) is 6.10 Å². The van der Waals surface area contributed by atoms with E-state index in [0.29, 0.717) is 10.8 Å². The number of rotatable bonds is 7. The minimum atomic E-state index is -0.447. The fraction of sp³-hybridized carbons (Fsp3) is 0.931. The lowest BCUT2D eigenvalue weighted by Gasteiger charge is -2.59. The van der Waals surface area contributed by atoms with Crippen molar-refractivity contribution >= 4 is 0 Å². The van der Waals surface area contributed by atoms with Gasteiger partial charge in [0, 0.05) is 0 Å². The maximum absolute atomic E-state index is 11.0. The van der Waals surface area contributed by atoms with Gasteiger partial charge in [-0.25, -0.2) is 0 Å². The maximum atomic E-state index is 11.0. The van der Waals surface area contributed by atoms with Crippen LogP contribution in [-0.2, 0) is 0 Å². The molecule has 0 aromatic rings. The molecule has 0 heterocycles. The highest BCUT2D eigenvalue weighted by molar-refractivity contribution is 5.27. The molecule has 0 saturated heterocycles. The highest BCUT2D eigenvalue weighted by Gasteiger charge is 2.59. The molecule has 9 atom stereocenters. The molecule has 178 valence electrons. The number of hydrogen-bond donors (Lipinski definition) is 2. The quantitative estimate of drug-likeness (QED) is 0.416. The average Bonchev–Trinajstić information content (AvgIpc) is 3.10. The largest absolute Gasteiger partial charge is 0.393 e. The van der Waals surface area contributed by atoms with Crippen LogP contribution in [0, 0.1) is 40.4 Å². The van der Waals surface area contributed by atoms with Crippen LogP contribution in [0.1, 0.15) is 118 Å². The van der Waals surface area contributed by atoms with E-state index < -0.39 is 5.60 Å². The molecule has 4 aliphatic rings. The van der Waals surface area contributed by atoms with Crippen LogP contribution < -0.4 is 0 Å². The van der Waals surface area contributed by atoms with Crippen LogP contribution in [0.3, 0.4) is 0 Å². The van der Waals surface area contributed by atoms with Crippen LogP contribution in [0.4, 0.5) is 0 Å². The summed E-state index contributed by atoms with van der Waals surface area (Å²) in [7, 11) is 0. The molecule has 2 heteroatoms. The van der Waals surface area contributed by atoms with Crippen molar-refractivity contribution in [1.29, 1.82) is 0 Å². The number of aliphatic hydroxyl groups is 2. The zero-order valence-electron chi connectivity index (χ0n) is 21.1. The number of allylic oxidation sites excluding steroid dienone is 1. The molecule has 2 nitrogen and oxygen atoms in total. The zero-order valence-corrected chi connectivity index (χ0v) is 21.1. The molecule has 0 unspecified atom stereocenters. The van der Waals surface area contributed by atoms with E-state index in [1.165, 1.54) is 44.9 Å². The summed E-state index contributed by atoms with van der Waals surface area (Å²) >= 11 is 0. The third kappa shape index (κ3) is 4.07. The predicted octanol–water partition coefficient (Wildman–Crippen LogP) is 7.28. The van der Waals surface area contributed by atoms with E-state index in [2.05, 4.69) is 40.7 Å². The second kappa shape index (κ2) is 8.79. The SMILES string of the molecule is CCC[C@@H](O)CC[C@@H](C)[C@H]1CC[C@H]2[C@@H]3CC=C4C[C@](O)(CC)CC[C@]4(C)[C@H]3CC[C@]12C. The van der Waals surface area contributed by atoms with E-state index in [0.717, 1.165) is 68.1 Å². The molecule has 0 radical (unpaired) electrons. The van der Waals surface area contributed by atoms with Crippen molar-refractivity contribution in [2.24, 2.45) is 40.4 Å². The molecule has 3 saturated carbocycles. The first-order valence-electron chi connectivity index (χ1n) is 13.8. The van der Waals surface area contributed by atoms with Crippen LogP contribution in [-0.4, -0.2) is 21.9 Å². The Morgan fingerprint density at radius 3 is 2.48 bits per heavy atom. The van der Waals surface area contributed by atoms with Gasteiger partial charge in [-0.05, 0) is 117 Å². The Labute approximate surface area is 192 Å². The van der Waals surface area contributed by atoms with Gasteiger partial charge in [-0.2, -0.15) is 0 Å². The topological polar surface area (TPSA) is 40.5 Å². The van der Waals surface area contributed by atoms with Gasteiger partial charge in [-0.1, -0.05) is 52.7 Å². The molecule has 2 N–H and O–H groups in total. The Morgan fingerprint density at radius 1 is 1.00 bits per heavy atom. The molecule has 3 fully saturated rings. The Bertz CT molecular complexity index is 670. The van der Waals surface area contributed by atoms with Gasteiger partial charge in [0.05, 0.1) is 11.7 Å². The summed E-state index contributed by atoms with van der Waals surface area (Å²) < 4.78 is 0. The first kappa shape index (κ1) is 23.8. The minimum absolute atomic E-state index is 0.0943. The lowest BCUT2D eigenvalue weighted by Crippen LogP contribution is -2.52. The Morgan fingerprint density at radius 2 is 1.77 bits per heavy atom. The summed E-state index contributed by atoms with van der Waals surface area (Å²) in [5.41, 5.74) is 1.98. The first-order valence-corrected chi connectivity index (χ1v) is 13.8. The maximum Gasteiger partial charge on any atom is 0.0682 e. The van der Waals surface area contributed by atoms with Gasteiger partial charge < -0.3 is 10.2 Å². The van der Waals surface area contributed by atoms with Crippen LogP contribution >= 0.6 is 0 Å². The summed E-state index contributed by atoms with van der Waals surface area (Å²) in [6, 6.07) is 0. The first-order chi connectivity index (χ1) is 14.7. The normalized spacial score (nSPS) is 46.5. The highest BCUT2D eigenvalue weighted by atomic mass is 16.3. The lowest BCUT2D eigenvalue weighted by atomic mass is 9.46. The molecular weight excluding hydrogens is 380 g/mol. The molecule has 4 aliphatic carbocycles. The van der Waals surface area contributed by atoms with Gasteiger partial charge in [0.15, 0.2) is 0 Å². The monoisotopic (exact) mass is 430 g/mol. The summed E-state index contributed by atoms with van der Waals surface area (Å²) in [4.78, 5) is 0. The minimum Gasteiger partial charge on any atom is -0.393 e. The van der Waals surface area contributed by atoms with Crippen molar-refractivity contribution in [1.82, 2.24) is 0 Å². The fourth-order valence-electron chi connectivity index (χ4n) is 9.12. The van der Waals surface area contributed by atoms with Crippen molar-refractivity contribution < 1.29 is 10.2 Å². The van der Waals surface area contributed by atoms with E-state index in [9.17, 15) is 10.2 Å². The van der Waals surface area contributed by atoms with Crippen molar-refractivity contribution in [3.63, 3.8) is 0 Å². The molecule has 4 rings (SSSR count). The summed E-state index contributed by atoms with van der Waals surface area (Å²) in [6.07, 6.45) is 17.6. The summed E-state index contributed by atoms with van der Waals surface area (Å²) in [5, 5.41) is 21.2. The van der Waals surface area contributed by atoms with Crippen molar-refractivity contribution in [3.8, 4) is 0 Å². The van der Waals surface area contributed by atoms with Crippen LogP contribution in [0.25, 0.3) is 0 Å². The molecular formula is C29H50O2. The predicted molar refractivity (Wildman–Crippen MR) is 130 cm³/mol. The Balaban J connectivity index is 1.48. The zero-order chi connectivity index (χ0) is 22.4. The van der Waals surface area contributed by atoms with Crippen molar-refractivity contribution in [2.75, 3.05) is 0 Å². The average molecular weight is 431 g/mol. The molecule has 0 aromatic heterocycles. The summed E-state index contributed by atoms with van der Waals surface area (Å²) in [5.74, 6) is 4.12. The van der Waals surface area contributed by atoms with Gasteiger partial charge in [-0.3, -0.25) is 0 Å². The van der Waals surface area contributed by atoms with E-state index >= 15 is 0 Å². The third-order valence-electron chi connectivity index (χ3n) is 11.3. The Kier molecular flexibility index (Phi) is 6.75. The van der Waals surface area contributed by atoms with Crippen LogP contribution in [0.15, 0.2) is 11.6 Å². The Hall–Kier alpha value is -0.340. The molecule has 0 spiro atoms. The standard InChI is InChI=1S/C29H50O2/c1-6-8-22(30)11-9-20(3)24-13-14-25-23-12-10-21-19-29(31,7-2)18-17-27(21,4)26(23)15-16-28(24,25)5/h10,20,22-26,30-31H,6-9,11-19H2,1-5H3/t20-,22-,23+,24-,25+,26+,27+,28-,29+/m1/s1. The van der Waals surface area contributed by atoms with E-state index in [4.69, 9.17) is 0 Å². The third-order valence-corrected chi connectivity index (χ3v) is 11.3. The van der Waals surface area contributed by atoms with E-state index in [1.807, 2.05) is 0 Å². The van der Waals surface area contributed by atoms with Gasteiger partial charge in [-0.15, -0.1) is 0 Å². The second-order valence-corrected chi connectivity index (χ2v) is 12.7. The van der Waals surface area contributed by atoms with Gasteiger partial charge in [0.2, 0.25) is 0 Å². The van der Waals surface area contributed by atoms with Gasteiger partial charge in [0.1, 0.15) is 0 Å². The molecule has 0 aromatic carbocycles. The fourth-order valence-corrected chi connectivity index (χ4v) is 9.12. The smallest absolute Gasteiger partial charge is 0.0682 e. The molecule has 0 bridgehead atoms. The second-order valence-electron chi connectivity index (χ2n) is 12.7. The number of aliphatic hydroxyl groups excluding tert-OH is 1. The van der Waals surface area contributed by atoms with Gasteiger partial charge in [0.25, 0.3) is 0 Å². The van der Waals surface area contributed by atoms with Crippen LogP contribution in [0.5, 0.6) is 0 Å². The van der Waals surface area contributed by atoms with Crippen LogP contribution in [0.2, 0.25) is 0 Å². The van der Waals surface area contributed by atoms with Crippen molar-refractivity contribution in [2.45, 2.75) is 130 Å². The van der Waals surface area contributed by atoms with Crippen molar-refractivity contribution in [3.05, 3.63) is 11.6 Å². The van der Waals surface area contributed by atoms with E-state index in [1.54, 1.807) is 5.57 Å². The van der Waals surface area contributed by atoms with Gasteiger partial charge >= 0.3 is 0 Å². The highest BCUT2D eigenvalue weighted by Crippen LogP contribution is 2.67. The molecule has 0 amide bonds. The summed E-state index contributed by atoms with van der Waals surface area (Å²) in [6.45, 7) is 12.0. The molecule has 0 aliphatic heterocycles.